The lowest BCUT2D eigenvalue weighted by Crippen LogP contribution is -1.95. The van der Waals surface area contributed by atoms with Crippen LogP contribution in [-0.4, -0.2) is 24.6 Å². The fourth-order valence-electron chi connectivity index (χ4n) is 2.30. The molecule has 0 unspecified atom stereocenters. The predicted octanol–water partition coefficient (Wildman–Crippen LogP) is 5.07. The maximum absolute atomic E-state index is 10.3. The van der Waals surface area contributed by atoms with Gasteiger partial charge < -0.3 is 11.5 Å². The molecule has 4 N–H and O–H groups in total. The molecule has 0 saturated heterocycles. The van der Waals surface area contributed by atoms with Gasteiger partial charge >= 0.3 is 0 Å². The Balaban J connectivity index is 0.000000279. The first-order chi connectivity index (χ1) is 17.1. The average molecular weight is 558 g/mol. The Labute approximate surface area is 214 Å². The molecule has 0 fully saturated rings. The molecule has 0 aliphatic rings. The Kier molecular flexibility index (Phi) is 10.6. The van der Waals surface area contributed by atoms with Crippen molar-refractivity contribution in [2.45, 2.75) is 0 Å². The summed E-state index contributed by atoms with van der Waals surface area (Å²) in [6.45, 7) is 0. The molecule has 19 heteroatoms. The fraction of sp³-hybridized carbons (Fsp3) is 0. The van der Waals surface area contributed by atoms with E-state index in [9.17, 15) is 50.6 Å². The number of hydrogen-bond acceptors (Lipinski definition) is 12. The smallest absolute Gasteiger partial charge is 0.278 e. The first-order valence-corrected chi connectivity index (χ1v) is 9.85. The second-order valence-corrected chi connectivity index (χ2v) is 7.35. The second-order valence-electron chi connectivity index (χ2n) is 6.48. The summed E-state index contributed by atoms with van der Waals surface area (Å²) in [6.07, 6.45) is 0. The molecule has 3 aromatic carbocycles. The molecule has 0 spiro atoms. The number of rotatable bonds is 5. The number of nitro benzene ring substituents is 5. The van der Waals surface area contributed by atoms with E-state index in [1.54, 1.807) is 0 Å². The standard InChI is InChI=1S/C6H3ClN2O4.C6H5ClN2O2.C6H5N3O4/c7-4-1-5(8(10)11)3-6(2-4)9(12)13;7-4-1-5(8)3-6(2-4)9(10)11;7-4-1-5(8(10)11)3-6(2-4)9(12)13/h1-3H;1-3H,8H2;1-3H,7H2. The predicted molar refractivity (Wildman–Crippen MR) is 131 cm³/mol. The summed E-state index contributed by atoms with van der Waals surface area (Å²) in [5.41, 5.74) is 9.20. The van der Waals surface area contributed by atoms with Crippen molar-refractivity contribution >= 4 is 63.0 Å². The summed E-state index contributed by atoms with van der Waals surface area (Å²) in [4.78, 5) is 47.7. The monoisotopic (exact) mass is 557 g/mol. The quantitative estimate of drug-likeness (QED) is 0.236. The van der Waals surface area contributed by atoms with Crippen molar-refractivity contribution in [3.8, 4) is 0 Å². The van der Waals surface area contributed by atoms with Crippen molar-refractivity contribution < 1.29 is 24.6 Å². The third-order valence-electron chi connectivity index (χ3n) is 3.75. The number of hydrogen-bond donors (Lipinski definition) is 2. The van der Waals surface area contributed by atoms with Gasteiger partial charge in [-0.15, -0.1) is 0 Å². The lowest BCUT2D eigenvalue weighted by Gasteiger charge is -1.94. The highest BCUT2D eigenvalue weighted by molar-refractivity contribution is 6.31. The zero-order valence-electron chi connectivity index (χ0n) is 17.9. The fourth-order valence-corrected chi connectivity index (χ4v) is 2.76. The van der Waals surface area contributed by atoms with E-state index in [0.717, 1.165) is 36.4 Å². The molecule has 0 bridgehead atoms. The van der Waals surface area contributed by atoms with E-state index >= 15 is 0 Å². The van der Waals surface area contributed by atoms with Crippen LogP contribution in [0.2, 0.25) is 10.0 Å². The summed E-state index contributed by atoms with van der Waals surface area (Å²) in [7, 11) is 0. The number of nitrogen functional groups attached to an aromatic ring is 2. The molecule has 0 heterocycles. The van der Waals surface area contributed by atoms with Crippen LogP contribution in [0.4, 0.5) is 39.8 Å². The van der Waals surface area contributed by atoms with E-state index in [0.29, 0.717) is 5.69 Å². The van der Waals surface area contributed by atoms with Gasteiger partial charge in [0.25, 0.3) is 28.4 Å². The van der Waals surface area contributed by atoms with Gasteiger partial charge in [0.2, 0.25) is 0 Å². The summed E-state index contributed by atoms with van der Waals surface area (Å²) in [5, 5.41) is 51.5. The molecule has 194 valence electrons. The Bertz CT molecular complexity index is 1230. The lowest BCUT2D eigenvalue weighted by atomic mass is 10.2. The minimum absolute atomic E-state index is 0.000833. The van der Waals surface area contributed by atoms with Crippen LogP contribution < -0.4 is 11.5 Å². The Morgan fingerprint density at radius 1 is 0.432 bits per heavy atom. The number of halogens is 2. The molecule has 0 aliphatic carbocycles. The maximum atomic E-state index is 10.3. The van der Waals surface area contributed by atoms with Gasteiger partial charge in [-0.2, -0.15) is 0 Å². The zero-order valence-corrected chi connectivity index (χ0v) is 19.4. The first-order valence-electron chi connectivity index (χ1n) is 9.10. The highest BCUT2D eigenvalue weighted by Crippen LogP contribution is 2.26. The van der Waals surface area contributed by atoms with E-state index in [4.69, 9.17) is 34.7 Å². The molecule has 0 amide bonds. The Morgan fingerprint density at radius 2 is 0.649 bits per heavy atom. The number of benzene rings is 3. The molecule has 0 radical (unpaired) electrons. The van der Waals surface area contributed by atoms with Crippen molar-refractivity contribution in [3.05, 3.63) is 115 Å². The van der Waals surface area contributed by atoms with Crippen LogP contribution in [0.5, 0.6) is 0 Å². The molecular weight excluding hydrogens is 545 g/mol. The molecule has 0 atom stereocenters. The van der Waals surface area contributed by atoms with E-state index in [1.807, 2.05) is 0 Å². The van der Waals surface area contributed by atoms with E-state index in [2.05, 4.69) is 0 Å². The van der Waals surface area contributed by atoms with Crippen LogP contribution in [0, 0.1) is 50.6 Å². The third-order valence-corrected chi connectivity index (χ3v) is 4.19. The van der Waals surface area contributed by atoms with Crippen molar-refractivity contribution in [2.75, 3.05) is 11.5 Å². The molecular formula is C18H13Cl2N7O10. The van der Waals surface area contributed by atoms with Crippen molar-refractivity contribution in [1.82, 2.24) is 0 Å². The van der Waals surface area contributed by atoms with Crippen LogP contribution in [0.3, 0.4) is 0 Å². The van der Waals surface area contributed by atoms with Crippen LogP contribution in [0.25, 0.3) is 0 Å². The van der Waals surface area contributed by atoms with Gasteiger partial charge in [0.05, 0.1) is 41.8 Å². The van der Waals surface area contributed by atoms with Gasteiger partial charge in [0.15, 0.2) is 0 Å². The Hall–Kier alpha value is -5.16. The van der Waals surface area contributed by atoms with Gasteiger partial charge in [0, 0.05) is 52.8 Å². The van der Waals surface area contributed by atoms with Crippen LogP contribution in [-0.2, 0) is 0 Å². The summed E-state index contributed by atoms with van der Waals surface area (Å²) < 4.78 is 0. The van der Waals surface area contributed by atoms with Crippen molar-refractivity contribution in [1.29, 1.82) is 0 Å². The molecule has 37 heavy (non-hydrogen) atoms. The molecule has 0 saturated carbocycles. The number of nitrogens with zero attached hydrogens (tertiary/aromatic N) is 5. The summed E-state index contributed by atoms with van der Waals surface area (Å²) >= 11 is 10.9. The summed E-state index contributed by atoms with van der Waals surface area (Å²) in [5.74, 6) is 0. The molecule has 0 aromatic heterocycles. The summed E-state index contributed by atoms with van der Waals surface area (Å²) in [6, 6.07) is 9.89. The zero-order chi connectivity index (χ0) is 28.4. The van der Waals surface area contributed by atoms with E-state index in [-0.39, 0.29) is 44.2 Å². The third kappa shape index (κ3) is 9.92. The molecule has 17 nitrogen and oxygen atoms in total. The van der Waals surface area contributed by atoms with Crippen LogP contribution in [0.15, 0.2) is 54.6 Å². The molecule has 3 rings (SSSR count). The minimum atomic E-state index is -0.737. The van der Waals surface area contributed by atoms with Gasteiger partial charge in [-0.3, -0.25) is 50.6 Å². The first kappa shape index (κ1) is 29.9. The molecule has 3 aromatic rings. The topological polar surface area (TPSA) is 268 Å². The number of nitrogens with two attached hydrogens (primary N) is 2. The van der Waals surface area contributed by atoms with Crippen molar-refractivity contribution in [2.24, 2.45) is 0 Å². The molecule has 0 aliphatic heterocycles. The number of non-ortho nitro benzene ring substituents is 5. The minimum Gasteiger partial charge on any atom is -0.398 e. The van der Waals surface area contributed by atoms with Gasteiger partial charge in [-0.25, -0.2) is 0 Å². The van der Waals surface area contributed by atoms with E-state index < -0.39 is 24.6 Å². The van der Waals surface area contributed by atoms with Crippen LogP contribution in [0.1, 0.15) is 0 Å². The van der Waals surface area contributed by atoms with Gasteiger partial charge in [-0.1, -0.05) is 23.2 Å². The number of nitro groups is 5. The number of anilines is 2. The SMILES string of the molecule is Nc1cc(Cl)cc([N+](=O)[O-])c1.Nc1cc([N+](=O)[O-])cc([N+](=O)[O-])c1.O=[N+]([O-])c1cc(Cl)cc([N+](=O)[O-])c1. The maximum Gasteiger partial charge on any atom is 0.278 e. The Morgan fingerprint density at radius 3 is 0.919 bits per heavy atom. The second kappa shape index (κ2) is 13.1. The van der Waals surface area contributed by atoms with Gasteiger partial charge in [0.1, 0.15) is 0 Å². The largest absolute Gasteiger partial charge is 0.398 e. The lowest BCUT2D eigenvalue weighted by molar-refractivity contribution is -0.394. The van der Waals surface area contributed by atoms with E-state index in [1.165, 1.54) is 18.2 Å². The normalized spacial score (nSPS) is 9.57. The highest BCUT2D eigenvalue weighted by Gasteiger charge is 2.16. The van der Waals surface area contributed by atoms with Gasteiger partial charge in [-0.05, 0) is 6.07 Å². The van der Waals surface area contributed by atoms with Crippen LogP contribution >= 0.6 is 23.2 Å². The van der Waals surface area contributed by atoms with Crippen molar-refractivity contribution in [3.63, 3.8) is 0 Å². The average Bonchev–Trinajstić information content (AvgIpc) is 2.78. The highest BCUT2D eigenvalue weighted by atomic mass is 35.5.